The fourth-order valence-electron chi connectivity index (χ4n) is 1.86. The van der Waals surface area contributed by atoms with E-state index in [2.05, 4.69) is 44.9 Å². The van der Waals surface area contributed by atoms with Gasteiger partial charge in [0, 0.05) is 17.1 Å². The predicted molar refractivity (Wildman–Crippen MR) is 89.2 cm³/mol. The standard InChI is InChI=1S/C18H22ClNO/c1-18(2,3)20(4)13-14-6-5-7-17(12-14)21-16-10-8-15(19)9-11-16/h5-12H,13H2,1-4H3. The molecule has 0 bridgehead atoms. The number of rotatable bonds is 4. The Labute approximate surface area is 132 Å². The maximum absolute atomic E-state index is 5.88. The summed E-state index contributed by atoms with van der Waals surface area (Å²) in [6.45, 7) is 7.52. The van der Waals surface area contributed by atoms with Crippen molar-refractivity contribution in [3.8, 4) is 11.5 Å². The molecule has 0 unspecified atom stereocenters. The smallest absolute Gasteiger partial charge is 0.127 e. The van der Waals surface area contributed by atoms with E-state index in [9.17, 15) is 0 Å². The van der Waals surface area contributed by atoms with Crippen LogP contribution in [0.4, 0.5) is 0 Å². The second-order valence-electron chi connectivity index (χ2n) is 6.23. The highest BCUT2D eigenvalue weighted by Gasteiger charge is 2.16. The first kappa shape index (κ1) is 15.9. The molecule has 0 aliphatic rings. The molecule has 0 heterocycles. The van der Waals surface area contributed by atoms with Crippen LogP contribution in [-0.2, 0) is 6.54 Å². The van der Waals surface area contributed by atoms with Gasteiger partial charge in [-0.15, -0.1) is 0 Å². The Hall–Kier alpha value is -1.51. The van der Waals surface area contributed by atoms with Crippen LogP contribution >= 0.6 is 11.6 Å². The third-order valence-corrected chi connectivity index (χ3v) is 3.76. The van der Waals surface area contributed by atoms with Crippen molar-refractivity contribution in [3.05, 3.63) is 59.1 Å². The highest BCUT2D eigenvalue weighted by atomic mass is 35.5. The summed E-state index contributed by atoms with van der Waals surface area (Å²) in [6.07, 6.45) is 0. The molecule has 0 aliphatic carbocycles. The quantitative estimate of drug-likeness (QED) is 0.753. The normalized spacial score (nSPS) is 11.7. The molecule has 0 atom stereocenters. The first-order valence-corrected chi connectivity index (χ1v) is 7.46. The van der Waals surface area contributed by atoms with Crippen LogP contribution in [0.5, 0.6) is 11.5 Å². The Balaban J connectivity index is 2.09. The van der Waals surface area contributed by atoms with Crippen molar-refractivity contribution in [2.45, 2.75) is 32.9 Å². The van der Waals surface area contributed by atoms with Crippen molar-refractivity contribution in [1.82, 2.24) is 4.90 Å². The molecule has 0 saturated heterocycles. The molecule has 0 spiro atoms. The number of hydrogen-bond donors (Lipinski definition) is 0. The lowest BCUT2D eigenvalue weighted by molar-refractivity contribution is 0.167. The van der Waals surface area contributed by atoms with Crippen LogP contribution in [0.25, 0.3) is 0 Å². The minimum Gasteiger partial charge on any atom is -0.457 e. The number of nitrogens with zero attached hydrogens (tertiary/aromatic N) is 1. The van der Waals surface area contributed by atoms with Gasteiger partial charge < -0.3 is 4.74 Å². The maximum atomic E-state index is 5.88. The van der Waals surface area contributed by atoms with Crippen molar-refractivity contribution in [2.24, 2.45) is 0 Å². The lowest BCUT2D eigenvalue weighted by atomic mass is 10.1. The van der Waals surface area contributed by atoms with Crippen LogP contribution in [0.2, 0.25) is 5.02 Å². The van der Waals surface area contributed by atoms with Crippen LogP contribution < -0.4 is 4.74 Å². The zero-order chi connectivity index (χ0) is 15.5. The molecular formula is C18H22ClNO. The van der Waals surface area contributed by atoms with E-state index in [0.717, 1.165) is 18.0 Å². The minimum atomic E-state index is 0.146. The van der Waals surface area contributed by atoms with Gasteiger partial charge in [0.2, 0.25) is 0 Å². The van der Waals surface area contributed by atoms with Gasteiger partial charge in [0.05, 0.1) is 0 Å². The second kappa shape index (κ2) is 6.50. The summed E-state index contributed by atoms with van der Waals surface area (Å²) in [7, 11) is 2.13. The van der Waals surface area contributed by atoms with Gasteiger partial charge in [-0.25, -0.2) is 0 Å². The van der Waals surface area contributed by atoms with Crippen LogP contribution in [-0.4, -0.2) is 17.5 Å². The van der Waals surface area contributed by atoms with E-state index in [0.29, 0.717) is 5.02 Å². The Morgan fingerprint density at radius 1 is 1.00 bits per heavy atom. The molecule has 0 fully saturated rings. The van der Waals surface area contributed by atoms with Crippen LogP contribution in [0, 0.1) is 0 Å². The monoisotopic (exact) mass is 303 g/mol. The molecule has 0 aliphatic heterocycles. The molecule has 0 aromatic heterocycles. The predicted octanol–water partition coefficient (Wildman–Crippen LogP) is 5.36. The van der Waals surface area contributed by atoms with Crippen molar-refractivity contribution >= 4 is 11.6 Å². The largest absolute Gasteiger partial charge is 0.457 e. The summed E-state index contributed by atoms with van der Waals surface area (Å²) in [4.78, 5) is 2.31. The van der Waals surface area contributed by atoms with Crippen molar-refractivity contribution in [2.75, 3.05) is 7.05 Å². The number of halogens is 1. The molecule has 2 nitrogen and oxygen atoms in total. The van der Waals surface area contributed by atoms with Crippen LogP contribution in [0.1, 0.15) is 26.3 Å². The fourth-order valence-corrected chi connectivity index (χ4v) is 1.98. The van der Waals surface area contributed by atoms with Crippen LogP contribution in [0.15, 0.2) is 48.5 Å². The molecule has 2 aromatic rings. The zero-order valence-corrected chi connectivity index (χ0v) is 13.8. The molecule has 2 aromatic carbocycles. The Kier molecular flexibility index (Phi) is 4.92. The molecule has 0 saturated carbocycles. The lowest BCUT2D eigenvalue weighted by Gasteiger charge is -2.32. The molecule has 3 heteroatoms. The van der Waals surface area contributed by atoms with E-state index in [4.69, 9.17) is 16.3 Å². The molecule has 0 radical (unpaired) electrons. The van der Waals surface area contributed by atoms with Crippen molar-refractivity contribution in [1.29, 1.82) is 0 Å². The van der Waals surface area contributed by atoms with Gasteiger partial charge in [0.15, 0.2) is 0 Å². The first-order chi connectivity index (χ1) is 9.84. The minimum absolute atomic E-state index is 0.146. The van der Waals surface area contributed by atoms with Crippen molar-refractivity contribution < 1.29 is 4.74 Å². The van der Waals surface area contributed by atoms with E-state index in [1.54, 1.807) is 0 Å². The van der Waals surface area contributed by atoms with Gasteiger partial charge in [-0.2, -0.15) is 0 Å². The summed E-state index contributed by atoms with van der Waals surface area (Å²) < 4.78 is 5.86. The molecule has 0 amide bonds. The maximum Gasteiger partial charge on any atom is 0.127 e. The number of hydrogen-bond acceptors (Lipinski definition) is 2. The first-order valence-electron chi connectivity index (χ1n) is 7.08. The average Bonchev–Trinajstić information content (AvgIpc) is 2.41. The molecule has 112 valence electrons. The molecular weight excluding hydrogens is 282 g/mol. The van der Waals surface area contributed by atoms with Crippen LogP contribution in [0.3, 0.4) is 0 Å². The van der Waals surface area contributed by atoms with Gasteiger partial charge >= 0.3 is 0 Å². The Morgan fingerprint density at radius 3 is 2.29 bits per heavy atom. The summed E-state index contributed by atoms with van der Waals surface area (Å²) >= 11 is 5.88. The topological polar surface area (TPSA) is 12.5 Å². The third-order valence-electron chi connectivity index (χ3n) is 3.51. The van der Waals surface area contributed by atoms with Gasteiger partial charge in [-0.3, -0.25) is 4.90 Å². The fraction of sp³-hybridized carbons (Fsp3) is 0.333. The van der Waals surface area contributed by atoms with Gasteiger partial charge in [0.1, 0.15) is 11.5 Å². The average molecular weight is 304 g/mol. The van der Waals surface area contributed by atoms with Gasteiger partial charge in [-0.1, -0.05) is 23.7 Å². The summed E-state index contributed by atoms with van der Waals surface area (Å²) in [6, 6.07) is 15.6. The Bertz CT molecular complexity index is 587. The highest BCUT2D eigenvalue weighted by molar-refractivity contribution is 6.30. The van der Waals surface area contributed by atoms with Gasteiger partial charge in [-0.05, 0) is 69.8 Å². The summed E-state index contributed by atoms with van der Waals surface area (Å²) in [5.74, 6) is 1.64. The van der Waals surface area contributed by atoms with E-state index < -0.39 is 0 Å². The third kappa shape index (κ3) is 4.76. The zero-order valence-electron chi connectivity index (χ0n) is 13.1. The Morgan fingerprint density at radius 2 is 1.67 bits per heavy atom. The number of benzene rings is 2. The van der Waals surface area contributed by atoms with Crippen molar-refractivity contribution in [3.63, 3.8) is 0 Å². The van der Waals surface area contributed by atoms with Gasteiger partial charge in [0.25, 0.3) is 0 Å². The van der Waals surface area contributed by atoms with E-state index in [-0.39, 0.29) is 5.54 Å². The SMILES string of the molecule is CN(Cc1cccc(Oc2ccc(Cl)cc2)c1)C(C)(C)C. The van der Waals surface area contributed by atoms with E-state index in [1.807, 2.05) is 36.4 Å². The van der Waals surface area contributed by atoms with E-state index >= 15 is 0 Å². The second-order valence-corrected chi connectivity index (χ2v) is 6.67. The molecule has 2 rings (SSSR count). The summed E-state index contributed by atoms with van der Waals surface area (Å²) in [5, 5.41) is 0.711. The molecule has 21 heavy (non-hydrogen) atoms. The summed E-state index contributed by atoms with van der Waals surface area (Å²) in [5.41, 5.74) is 1.38. The number of ether oxygens (including phenoxy) is 1. The molecule has 0 N–H and O–H groups in total. The van der Waals surface area contributed by atoms with E-state index in [1.165, 1.54) is 5.56 Å². The highest BCUT2D eigenvalue weighted by Crippen LogP contribution is 2.25. The lowest BCUT2D eigenvalue weighted by Crippen LogP contribution is -2.37.